The summed E-state index contributed by atoms with van der Waals surface area (Å²) in [5, 5.41) is 6.70. The van der Waals surface area contributed by atoms with E-state index < -0.39 is 0 Å². The van der Waals surface area contributed by atoms with Crippen molar-refractivity contribution in [2.45, 2.75) is 25.5 Å². The smallest absolute Gasteiger partial charge is 0.0870 e. The van der Waals surface area contributed by atoms with Crippen molar-refractivity contribution >= 4 is 18.3 Å². The second-order valence-electron chi connectivity index (χ2n) is 3.27. The summed E-state index contributed by atoms with van der Waals surface area (Å²) in [6, 6.07) is 0. The molecule has 1 aliphatic heterocycles. The molecule has 1 fully saturated rings. The van der Waals surface area contributed by atoms with Gasteiger partial charge in [-0.15, -0.1) is 0 Å². The molecule has 3 heteroatoms. The van der Waals surface area contributed by atoms with Crippen molar-refractivity contribution in [3.05, 3.63) is 0 Å². The summed E-state index contributed by atoms with van der Waals surface area (Å²) in [6.07, 6.45) is 0. The Morgan fingerprint density at radius 3 is 1.60 bits per heavy atom. The van der Waals surface area contributed by atoms with Gasteiger partial charge in [0.25, 0.3) is 0 Å². The number of hydrogen-bond donors (Lipinski definition) is 2. The third-order valence-electron chi connectivity index (χ3n) is 0.553. The molecule has 0 unspecified atom stereocenters. The lowest BCUT2D eigenvalue weighted by atomic mass is 10.3. The topological polar surface area (TPSA) is 33.1 Å². The summed E-state index contributed by atoms with van der Waals surface area (Å²) >= 11 is 4.12. The van der Waals surface area contributed by atoms with Crippen LogP contribution in [0.5, 0.6) is 0 Å². The van der Waals surface area contributed by atoms with Crippen LogP contribution in [0, 0.1) is 5.41 Å². The molecule has 0 aromatic heterocycles. The van der Waals surface area contributed by atoms with Crippen LogP contribution in [-0.2, 0) is 4.74 Å². The molecule has 0 aliphatic carbocycles. The van der Waals surface area contributed by atoms with Crippen molar-refractivity contribution in [3.63, 3.8) is 0 Å². The van der Waals surface area contributed by atoms with Gasteiger partial charge in [0.05, 0.1) is 18.9 Å². The first-order valence-electron chi connectivity index (χ1n) is 3.26. The van der Waals surface area contributed by atoms with E-state index in [1.807, 2.05) is 0 Å². The van der Waals surface area contributed by atoms with Gasteiger partial charge < -0.3 is 10.1 Å². The first-order valence-corrected chi connectivity index (χ1v) is 3.71. The maximum absolute atomic E-state index is 6.70. The molecule has 0 aromatic rings. The fraction of sp³-hybridized carbons (Fsp3) is 0.857. The van der Waals surface area contributed by atoms with Crippen LogP contribution in [0.1, 0.15) is 20.8 Å². The van der Waals surface area contributed by atoms with Crippen LogP contribution in [-0.4, -0.2) is 23.7 Å². The molecule has 0 bridgehead atoms. The SMILES string of the molecule is CC(C)(C)S.N=C1COC1. The van der Waals surface area contributed by atoms with Crippen molar-refractivity contribution in [1.82, 2.24) is 0 Å². The van der Waals surface area contributed by atoms with E-state index in [1.165, 1.54) is 0 Å². The first kappa shape index (κ1) is 9.98. The molecular weight excluding hydrogens is 146 g/mol. The van der Waals surface area contributed by atoms with Gasteiger partial charge in [-0.3, -0.25) is 0 Å². The highest BCUT2D eigenvalue weighted by molar-refractivity contribution is 7.81. The van der Waals surface area contributed by atoms with Crippen molar-refractivity contribution in [2.75, 3.05) is 13.2 Å². The van der Waals surface area contributed by atoms with Crippen molar-refractivity contribution < 1.29 is 4.74 Å². The molecule has 1 saturated heterocycles. The molecular formula is C7H15NOS. The molecule has 1 rings (SSSR count). The fourth-order valence-electron chi connectivity index (χ4n) is 0.204. The largest absolute Gasteiger partial charge is 0.369 e. The minimum atomic E-state index is 0.194. The lowest BCUT2D eigenvalue weighted by Gasteiger charge is -2.11. The van der Waals surface area contributed by atoms with Crippen LogP contribution < -0.4 is 0 Å². The highest BCUT2D eigenvalue weighted by atomic mass is 32.1. The number of hydrogen-bond acceptors (Lipinski definition) is 3. The Hall–Kier alpha value is -0.0200. The Bertz CT molecular complexity index is 105. The van der Waals surface area contributed by atoms with E-state index in [0.29, 0.717) is 18.9 Å². The predicted octanol–water partition coefficient (Wildman–Crippen LogP) is 1.75. The van der Waals surface area contributed by atoms with Crippen LogP contribution in [0.3, 0.4) is 0 Å². The normalized spacial score (nSPS) is 17.0. The van der Waals surface area contributed by atoms with E-state index in [0.717, 1.165) is 0 Å². The van der Waals surface area contributed by atoms with Crippen molar-refractivity contribution in [1.29, 1.82) is 5.41 Å². The average Bonchev–Trinajstić information content (AvgIpc) is 1.56. The predicted molar refractivity (Wildman–Crippen MR) is 47.3 cm³/mol. The van der Waals surface area contributed by atoms with Gasteiger partial charge in [-0.25, -0.2) is 0 Å². The van der Waals surface area contributed by atoms with Crippen LogP contribution in [0.2, 0.25) is 0 Å². The van der Waals surface area contributed by atoms with Gasteiger partial charge in [0.15, 0.2) is 0 Å². The van der Waals surface area contributed by atoms with Gasteiger partial charge in [-0.05, 0) is 0 Å². The van der Waals surface area contributed by atoms with Crippen LogP contribution in [0.25, 0.3) is 0 Å². The van der Waals surface area contributed by atoms with Gasteiger partial charge in [0.1, 0.15) is 0 Å². The third-order valence-corrected chi connectivity index (χ3v) is 0.553. The van der Waals surface area contributed by atoms with E-state index in [-0.39, 0.29) is 4.75 Å². The molecule has 1 heterocycles. The van der Waals surface area contributed by atoms with Crippen LogP contribution in [0.4, 0.5) is 0 Å². The van der Waals surface area contributed by atoms with Crippen molar-refractivity contribution in [3.8, 4) is 0 Å². The third kappa shape index (κ3) is 10.9. The summed E-state index contributed by atoms with van der Waals surface area (Å²) in [5.41, 5.74) is 0.713. The molecule has 60 valence electrons. The minimum absolute atomic E-state index is 0.194. The lowest BCUT2D eigenvalue weighted by Crippen LogP contribution is -2.25. The molecule has 0 amide bonds. The maximum Gasteiger partial charge on any atom is 0.0870 e. The monoisotopic (exact) mass is 161 g/mol. The summed E-state index contributed by atoms with van der Waals surface area (Å²) in [6.45, 7) is 7.29. The summed E-state index contributed by atoms with van der Waals surface area (Å²) < 4.78 is 4.80. The molecule has 0 spiro atoms. The van der Waals surface area contributed by atoms with Gasteiger partial charge >= 0.3 is 0 Å². The van der Waals surface area contributed by atoms with E-state index in [1.54, 1.807) is 0 Å². The molecule has 1 N–H and O–H groups in total. The van der Waals surface area contributed by atoms with Gasteiger partial charge in [0, 0.05) is 4.75 Å². The first-order chi connectivity index (χ1) is 4.39. The quantitative estimate of drug-likeness (QED) is 0.521. The van der Waals surface area contributed by atoms with Gasteiger partial charge in [-0.2, -0.15) is 12.6 Å². The second-order valence-corrected chi connectivity index (χ2v) is 4.61. The minimum Gasteiger partial charge on any atom is -0.369 e. The number of nitrogens with one attached hydrogen (secondary N) is 1. The Morgan fingerprint density at radius 1 is 1.40 bits per heavy atom. The molecule has 1 aliphatic rings. The number of thiol groups is 1. The zero-order chi connectivity index (χ0) is 8.20. The molecule has 2 nitrogen and oxygen atoms in total. The zero-order valence-electron chi connectivity index (χ0n) is 6.77. The van der Waals surface area contributed by atoms with Gasteiger partial charge in [0.2, 0.25) is 0 Å². The zero-order valence-corrected chi connectivity index (χ0v) is 7.66. The highest BCUT2D eigenvalue weighted by Gasteiger charge is 2.05. The van der Waals surface area contributed by atoms with E-state index in [9.17, 15) is 0 Å². The fourth-order valence-corrected chi connectivity index (χ4v) is 0.204. The second kappa shape index (κ2) is 3.98. The standard InChI is InChI=1S/C4H10S.C3H5NO/c1-4(2,3)5;4-3-1-5-2-3/h5H,1-3H3;4H,1-2H2. The number of rotatable bonds is 0. The van der Waals surface area contributed by atoms with E-state index >= 15 is 0 Å². The Kier molecular flexibility index (Phi) is 3.98. The Balaban J connectivity index is 0.000000162. The summed E-state index contributed by atoms with van der Waals surface area (Å²) in [4.78, 5) is 0. The molecule has 0 saturated carbocycles. The number of ether oxygens (including phenoxy) is 1. The lowest BCUT2D eigenvalue weighted by molar-refractivity contribution is 0.158. The molecule has 10 heavy (non-hydrogen) atoms. The highest BCUT2D eigenvalue weighted by Crippen LogP contribution is 2.07. The molecule has 0 atom stereocenters. The molecule has 0 aromatic carbocycles. The maximum atomic E-state index is 6.70. The Labute approximate surface area is 67.9 Å². The molecule has 0 radical (unpaired) electrons. The van der Waals surface area contributed by atoms with Gasteiger partial charge in [-0.1, -0.05) is 20.8 Å². The summed E-state index contributed by atoms with van der Waals surface area (Å²) in [5.74, 6) is 0. The van der Waals surface area contributed by atoms with Crippen LogP contribution in [0.15, 0.2) is 0 Å². The Morgan fingerprint density at radius 2 is 1.60 bits per heavy atom. The van der Waals surface area contributed by atoms with Crippen LogP contribution >= 0.6 is 12.6 Å². The summed E-state index contributed by atoms with van der Waals surface area (Å²) in [7, 11) is 0. The van der Waals surface area contributed by atoms with Crippen molar-refractivity contribution in [2.24, 2.45) is 0 Å². The van der Waals surface area contributed by atoms with E-state index in [4.69, 9.17) is 5.41 Å². The average molecular weight is 161 g/mol. The van der Waals surface area contributed by atoms with E-state index in [2.05, 4.69) is 38.1 Å².